The number of hydrogen-bond donors (Lipinski definition) is 1. The Morgan fingerprint density at radius 1 is 1.54 bits per heavy atom. The van der Waals surface area contributed by atoms with Crippen LogP contribution in [-0.4, -0.2) is 11.2 Å². The summed E-state index contributed by atoms with van der Waals surface area (Å²) >= 11 is 5.10. The summed E-state index contributed by atoms with van der Waals surface area (Å²) in [4.78, 5) is 1.25. The standard InChI is InChI=1S/C10H15BrOS/c1-7(2)3-9(12)5-10-4-8(11)6-13-10/h4,6-7,9,12H,3,5H2,1-2H3. The molecule has 0 aromatic carbocycles. The smallest absolute Gasteiger partial charge is 0.0590 e. The van der Waals surface area contributed by atoms with Crippen LogP contribution in [0.1, 0.15) is 25.1 Å². The Labute approximate surface area is 91.9 Å². The first-order chi connectivity index (χ1) is 6.08. The van der Waals surface area contributed by atoms with Gasteiger partial charge in [0.25, 0.3) is 0 Å². The van der Waals surface area contributed by atoms with Crippen molar-refractivity contribution in [1.82, 2.24) is 0 Å². The minimum absolute atomic E-state index is 0.189. The first kappa shape index (κ1) is 11.2. The summed E-state index contributed by atoms with van der Waals surface area (Å²) in [6.45, 7) is 4.26. The molecular formula is C10H15BrOS. The first-order valence-electron chi connectivity index (χ1n) is 4.49. The lowest BCUT2D eigenvalue weighted by Crippen LogP contribution is -2.12. The maximum atomic E-state index is 9.67. The highest BCUT2D eigenvalue weighted by atomic mass is 79.9. The van der Waals surface area contributed by atoms with E-state index in [2.05, 4.69) is 41.2 Å². The maximum Gasteiger partial charge on any atom is 0.0590 e. The van der Waals surface area contributed by atoms with Gasteiger partial charge in [0.2, 0.25) is 0 Å². The van der Waals surface area contributed by atoms with E-state index in [1.807, 2.05) is 0 Å². The van der Waals surface area contributed by atoms with Crippen LogP contribution in [0.2, 0.25) is 0 Å². The second-order valence-electron chi connectivity index (χ2n) is 3.72. The van der Waals surface area contributed by atoms with Gasteiger partial charge in [-0.1, -0.05) is 13.8 Å². The third-order valence-electron chi connectivity index (χ3n) is 1.80. The van der Waals surface area contributed by atoms with E-state index in [0.29, 0.717) is 5.92 Å². The van der Waals surface area contributed by atoms with Crippen molar-refractivity contribution in [2.24, 2.45) is 5.92 Å². The zero-order valence-corrected chi connectivity index (χ0v) is 10.4. The minimum Gasteiger partial charge on any atom is -0.393 e. The molecule has 3 heteroatoms. The molecule has 0 saturated heterocycles. The van der Waals surface area contributed by atoms with Gasteiger partial charge in [0, 0.05) is 21.2 Å². The molecule has 0 saturated carbocycles. The van der Waals surface area contributed by atoms with Gasteiger partial charge < -0.3 is 5.11 Å². The number of halogens is 1. The maximum absolute atomic E-state index is 9.67. The molecule has 0 fully saturated rings. The van der Waals surface area contributed by atoms with Crippen LogP contribution in [0.25, 0.3) is 0 Å². The van der Waals surface area contributed by atoms with Crippen molar-refractivity contribution in [3.63, 3.8) is 0 Å². The van der Waals surface area contributed by atoms with Crippen LogP contribution in [0.4, 0.5) is 0 Å². The second kappa shape index (κ2) is 5.13. The van der Waals surface area contributed by atoms with Crippen LogP contribution >= 0.6 is 27.3 Å². The SMILES string of the molecule is CC(C)CC(O)Cc1cc(Br)cs1. The molecule has 1 aromatic rings. The predicted molar refractivity (Wildman–Crippen MR) is 61.2 cm³/mol. The largest absolute Gasteiger partial charge is 0.393 e. The van der Waals surface area contributed by atoms with Gasteiger partial charge in [-0.15, -0.1) is 11.3 Å². The first-order valence-corrected chi connectivity index (χ1v) is 6.16. The Kier molecular flexibility index (Phi) is 4.42. The summed E-state index contributed by atoms with van der Waals surface area (Å²) in [5.74, 6) is 0.568. The lowest BCUT2D eigenvalue weighted by atomic mass is 10.0. The molecule has 1 unspecified atom stereocenters. The molecule has 0 aliphatic carbocycles. The van der Waals surface area contributed by atoms with Crippen LogP contribution in [-0.2, 0) is 6.42 Å². The number of aliphatic hydroxyl groups is 1. The molecule has 1 rings (SSSR count). The van der Waals surface area contributed by atoms with E-state index in [0.717, 1.165) is 17.3 Å². The number of aliphatic hydroxyl groups excluding tert-OH is 1. The molecule has 74 valence electrons. The molecule has 0 amide bonds. The Morgan fingerprint density at radius 3 is 2.69 bits per heavy atom. The molecule has 1 nitrogen and oxygen atoms in total. The van der Waals surface area contributed by atoms with Gasteiger partial charge in [-0.2, -0.15) is 0 Å². The van der Waals surface area contributed by atoms with Gasteiger partial charge in [0.05, 0.1) is 6.10 Å². The Balaban J connectivity index is 2.40. The lowest BCUT2D eigenvalue weighted by molar-refractivity contribution is 0.150. The third kappa shape index (κ3) is 4.25. The fraction of sp³-hybridized carbons (Fsp3) is 0.600. The predicted octanol–water partition coefficient (Wildman–Crippen LogP) is 3.46. The van der Waals surface area contributed by atoms with Gasteiger partial charge in [-0.05, 0) is 34.3 Å². The van der Waals surface area contributed by atoms with Crippen molar-refractivity contribution in [3.05, 3.63) is 20.8 Å². The molecule has 1 aromatic heterocycles. The summed E-state index contributed by atoms with van der Waals surface area (Å²) in [7, 11) is 0. The van der Waals surface area contributed by atoms with E-state index >= 15 is 0 Å². The van der Waals surface area contributed by atoms with E-state index in [1.165, 1.54) is 4.88 Å². The molecule has 13 heavy (non-hydrogen) atoms. The Hall–Kier alpha value is 0.140. The summed E-state index contributed by atoms with van der Waals surface area (Å²) in [6.07, 6.45) is 1.48. The molecule has 0 aliphatic rings. The van der Waals surface area contributed by atoms with Crippen molar-refractivity contribution >= 4 is 27.3 Å². The topological polar surface area (TPSA) is 20.2 Å². The Morgan fingerprint density at radius 2 is 2.23 bits per heavy atom. The van der Waals surface area contributed by atoms with E-state index in [9.17, 15) is 5.11 Å². The zero-order chi connectivity index (χ0) is 9.84. The molecule has 0 bridgehead atoms. The molecule has 0 radical (unpaired) electrons. The molecule has 1 N–H and O–H groups in total. The molecule has 1 atom stereocenters. The molecule has 0 spiro atoms. The van der Waals surface area contributed by atoms with Crippen molar-refractivity contribution in [2.75, 3.05) is 0 Å². The highest BCUT2D eigenvalue weighted by molar-refractivity contribution is 9.10. The summed E-state index contributed by atoms with van der Waals surface area (Å²) in [5.41, 5.74) is 0. The molecule has 1 heterocycles. The van der Waals surface area contributed by atoms with E-state index < -0.39 is 0 Å². The van der Waals surface area contributed by atoms with Crippen LogP contribution in [0.5, 0.6) is 0 Å². The number of rotatable bonds is 4. The van der Waals surface area contributed by atoms with E-state index in [1.54, 1.807) is 11.3 Å². The molecular weight excluding hydrogens is 248 g/mol. The highest BCUT2D eigenvalue weighted by Gasteiger charge is 2.09. The monoisotopic (exact) mass is 262 g/mol. The van der Waals surface area contributed by atoms with Crippen LogP contribution in [0, 0.1) is 5.92 Å². The van der Waals surface area contributed by atoms with Crippen LogP contribution in [0.3, 0.4) is 0 Å². The highest BCUT2D eigenvalue weighted by Crippen LogP contribution is 2.22. The van der Waals surface area contributed by atoms with Gasteiger partial charge in [-0.3, -0.25) is 0 Å². The summed E-state index contributed by atoms with van der Waals surface area (Å²) < 4.78 is 1.12. The van der Waals surface area contributed by atoms with Gasteiger partial charge >= 0.3 is 0 Å². The molecule has 0 aliphatic heterocycles. The average Bonchev–Trinajstić information content (AvgIpc) is 2.33. The normalized spacial score (nSPS) is 13.6. The quantitative estimate of drug-likeness (QED) is 0.882. The summed E-state index contributed by atoms with van der Waals surface area (Å²) in [5, 5.41) is 11.7. The van der Waals surface area contributed by atoms with Crippen molar-refractivity contribution in [1.29, 1.82) is 0 Å². The lowest BCUT2D eigenvalue weighted by Gasteiger charge is -2.11. The van der Waals surface area contributed by atoms with Crippen LogP contribution in [0.15, 0.2) is 15.9 Å². The number of hydrogen-bond acceptors (Lipinski definition) is 2. The Bertz CT molecular complexity index is 257. The third-order valence-corrected chi connectivity index (χ3v) is 3.52. The number of thiophene rings is 1. The zero-order valence-electron chi connectivity index (χ0n) is 7.96. The van der Waals surface area contributed by atoms with Crippen LogP contribution < -0.4 is 0 Å². The van der Waals surface area contributed by atoms with E-state index in [4.69, 9.17) is 0 Å². The van der Waals surface area contributed by atoms with Crippen molar-refractivity contribution in [3.8, 4) is 0 Å². The van der Waals surface area contributed by atoms with Crippen molar-refractivity contribution in [2.45, 2.75) is 32.8 Å². The fourth-order valence-corrected chi connectivity index (χ4v) is 2.84. The van der Waals surface area contributed by atoms with Gasteiger partial charge in [-0.25, -0.2) is 0 Å². The minimum atomic E-state index is -0.189. The average molecular weight is 263 g/mol. The van der Waals surface area contributed by atoms with Gasteiger partial charge in [0.1, 0.15) is 0 Å². The van der Waals surface area contributed by atoms with E-state index in [-0.39, 0.29) is 6.10 Å². The second-order valence-corrected chi connectivity index (χ2v) is 5.63. The van der Waals surface area contributed by atoms with Gasteiger partial charge in [0.15, 0.2) is 0 Å². The summed E-state index contributed by atoms with van der Waals surface area (Å²) in [6, 6.07) is 2.08. The van der Waals surface area contributed by atoms with Crippen molar-refractivity contribution < 1.29 is 5.11 Å². The fourth-order valence-electron chi connectivity index (χ4n) is 1.32.